The zero-order chi connectivity index (χ0) is 7.56. The summed E-state index contributed by atoms with van der Waals surface area (Å²) >= 11 is 3.33. The molecule has 0 aliphatic rings. The van der Waals surface area contributed by atoms with Crippen LogP contribution in [-0.4, -0.2) is 4.98 Å². The molecular formula is C7H11BrCl2N2. The maximum atomic E-state index is 5.60. The normalized spacial score (nSPS) is 10.9. The van der Waals surface area contributed by atoms with E-state index in [9.17, 15) is 0 Å². The third-order valence-corrected chi connectivity index (χ3v) is 1.70. The molecule has 0 fully saturated rings. The van der Waals surface area contributed by atoms with Crippen LogP contribution in [0.5, 0.6) is 0 Å². The predicted octanol–water partition coefficient (Wildman–Crippen LogP) is 2.71. The van der Waals surface area contributed by atoms with E-state index in [0.717, 1.165) is 10.2 Å². The van der Waals surface area contributed by atoms with Gasteiger partial charge in [0.25, 0.3) is 0 Å². The van der Waals surface area contributed by atoms with E-state index in [1.807, 2.05) is 19.1 Å². The lowest BCUT2D eigenvalue weighted by molar-refractivity contribution is 0.780. The van der Waals surface area contributed by atoms with Crippen LogP contribution in [0.1, 0.15) is 18.7 Å². The second kappa shape index (κ2) is 6.66. The van der Waals surface area contributed by atoms with Crippen molar-refractivity contribution in [3.8, 4) is 0 Å². The maximum absolute atomic E-state index is 5.60. The number of hydrogen-bond acceptors (Lipinski definition) is 2. The second-order valence-electron chi connectivity index (χ2n) is 2.19. The first kappa shape index (κ1) is 14.7. The van der Waals surface area contributed by atoms with Gasteiger partial charge in [0.1, 0.15) is 0 Å². The standard InChI is InChI=1S/C7H9BrN2.2ClH/c1-5(9)7-4-6(8)2-3-10-7;;/h2-5H,9H2,1H3;2*1H/t5-;;/m0../s1. The molecule has 0 amide bonds. The average Bonchev–Trinajstić information content (AvgIpc) is 1.88. The Kier molecular flexibility index (Phi) is 8.15. The van der Waals surface area contributed by atoms with Crippen molar-refractivity contribution in [3.63, 3.8) is 0 Å². The van der Waals surface area contributed by atoms with Crippen LogP contribution in [-0.2, 0) is 0 Å². The third kappa shape index (κ3) is 4.26. The van der Waals surface area contributed by atoms with Crippen LogP contribution in [0.25, 0.3) is 0 Å². The van der Waals surface area contributed by atoms with Crippen LogP contribution in [0.3, 0.4) is 0 Å². The predicted molar refractivity (Wildman–Crippen MR) is 59.0 cm³/mol. The molecule has 5 heteroatoms. The molecule has 0 unspecified atom stereocenters. The van der Waals surface area contributed by atoms with Gasteiger partial charge in [-0.1, -0.05) is 15.9 Å². The second-order valence-corrected chi connectivity index (χ2v) is 3.10. The van der Waals surface area contributed by atoms with Gasteiger partial charge in [0.2, 0.25) is 0 Å². The molecule has 1 aromatic heterocycles. The van der Waals surface area contributed by atoms with Crippen molar-refractivity contribution in [2.45, 2.75) is 13.0 Å². The number of nitrogens with two attached hydrogens (primary N) is 1. The van der Waals surface area contributed by atoms with Crippen molar-refractivity contribution in [2.75, 3.05) is 0 Å². The molecule has 1 aromatic rings. The number of pyridine rings is 1. The number of rotatable bonds is 1. The molecule has 1 heterocycles. The quantitative estimate of drug-likeness (QED) is 0.855. The smallest absolute Gasteiger partial charge is 0.0579 e. The fourth-order valence-corrected chi connectivity index (χ4v) is 1.02. The lowest BCUT2D eigenvalue weighted by atomic mass is 10.2. The summed E-state index contributed by atoms with van der Waals surface area (Å²) in [5.74, 6) is 0. The summed E-state index contributed by atoms with van der Waals surface area (Å²) in [7, 11) is 0. The van der Waals surface area contributed by atoms with Crippen LogP contribution in [0.15, 0.2) is 22.8 Å². The summed E-state index contributed by atoms with van der Waals surface area (Å²) in [6, 6.07) is 3.81. The molecule has 2 nitrogen and oxygen atoms in total. The number of halogens is 3. The van der Waals surface area contributed by atoms with Gasteiger partial charge in [-0.05, 0) is 19.1 Å². The van der Waals surface area contributed by atoms with Crippen LogP contribution in [0.2, 0.25) is 0 Å². The van der Waals surface area contributed by atoms with Gasteiger partial charge in [-0.3, -0.25) is 4.98 Å². The van der Waals surface area contributed by atoms with Gasteiger partial charge in [0, 0.05) is 16.7 Å². The molecule has 0 aliphatic carbocycles. The van der Waals surface area contributed by atoms with E-state index in [0.29, 0.717) is 0 Å². The van der Waals surface area contributed by atoms with Gasteiger partial charge >= 0.3 is 0 Å². The summed E-state index contributed by atoms with van der Waals surface area (Å²) in [5, 5.41) is 0. The molecule has 1 rings (SSSR count). The highest BCUT2D eigenvalue weighted by Gasteiger charge is 1.98. The minimum atomic E-state index is 0. The Morgan fingerprint density at radius 3 is 2.42 bits per heavy atom. The number of aromatic nitrogens is 1. The van der Waals surface area contributed by atoms with Crippen molar-refractivity contribution in [1.29, 1.82) is 0 Å². The van der Waals surface area contributed by atoms with E-state index in [4.69, 9.17) is 5.73 Å². The molecule has 0 spiro atoms. The third-order valence-electron chi connectivity index (χ3n) is 1.21. The largest absolute Gasteiger partial charge is 0.323 e. The Balaban J connectivity index is 0. The maximum Gasteiger partial charge on any atom is 0.0579 e. The SMILES string of the molecule is C[C@H](N)c1cc(Br)ccn1.Cl.Cl. The summed E-state index contributed by atoms with van der Waals surface area (Å²) in [5.41, 5.74) is 6.51. The first-order valence-corrected chi connectivity index (χ1v) is 3.86. The minimum Gasteiger partial charge on any atom is -0.323 e. The van der Waals surface area contributed by atoms with Crippen molar-refractivity contribution in [2.24, 2.45) is 5.73 Å². The van der Waals surface area contributed by atoms with Crippen LogP contribution >= 0.6 is 40.7 Å². The molecule has 0 aromatic carbocycles. The van der Waals surface area contributed by atoms with Gasteiger partial charge in [0.05, 0.1) is 5.69 Å². The summed E-state index contributed by atoms with van der Waals surface area (Å²) in [4.78, 5) is 4.08. The topological polar surface area (TPSA) is 38.9 Å². The van der Waals surface area contributed by atoms with E-state index < -0.39 is 0 Å². The number of nitrogens with zero attached hydrogens (tertiary/aromatic N) is 1. The Morgan fingerprint density at radius 1 is 1.50 bits per heavy atom. The Labute approximate surface area is 92.9 Å². The molecule has 12 heavy (non-hydrogen) atoms. The fraction of sp³-hybridized carbons (Fsp3) is 0.286. The monoisotopic (exact) mass is 272 g/mol. The molecule has 0 aliphatic heterocycles. The minimum absolute atomic E-state index is 0. The molecule has 0 saturated carbocycles. The van der Waals surface area contributed by atoms with Gasteiger partial charge in [-0.2, -0.15) is 0 Å². The van der Waals surface area contributed by atoms with E-state index in [1.165, 1.54) is 0 Å². The van der Waals surface area contributed by atoms with E-state index in [1.54, 1.807) is 6.20 Å². The molecular weight excluding hydrogens is 263 g/mol. The summed E-state index contributed by atoms with van der Waals surface area (Å²) in [6.45, 7) is 1.91. The van der Waals surface area contributed by atoms with Crippen LogP contribution < -0.4 is 5.73 Å². The molecule has 1 atom stereocenters. The molecule has 0 bridgehead atoms. The van der Waals surface area contributed by atoms with Crippen LogP contribution in [0.4, 0.5) is 0 Å². The van der Waals surface area contributed by atoms with Gasteiger partial charge in [-0.25, -0.2) is 0 Å². The first-order chi connectivity index (χ1) is 4.70. The highest BCUT2D eigenvalue weighted by molar-refractivity contribution is 9.10. The molecule has 0 saturated heterocycles. The van der Waals surface area contributed by atoms with Gasteiger partial charge in [-0.15, -0.1) is 24.8 Å². The fourth-order valence-electron chi connectivity index (χ4n) is 0.670. The summed E-state index contributed by atoms with van der Waals surface area (Å²) < 4.78 is 1.02. The lowest BCUT2D eigenvalue weighted by Gasteiger charge is -2.02. The average molecular weight is 274 g/mol. The molecule has 70 valence electrons. The van der Waals surface area contributed by atoms with Crippen molar-refractivity contribution >= 4 is 40.7 Å². The van der Waals surface area contributed by atoms with E-state index in [2.05, 4.69) is 20.9 Å². The zero-order valence-electron chi connectivity index (χ0n) is 6.53. The van der Waals surface area contributed by atoms with E-state index >= 15 is 0 Å². The Morgan fingerprint density at radius 2 is 2.08 bits per heavy atom. The lowest BCUT2D eigenvalue weighted by Crippen LogP contribution is -2.06. The van der Waals surface area contributed by atoms with E-state index in [-0.39, 0.29) is 30.9 Å². The highest BCUT2D eigenvalue weighted by atomic mass is 79.9. The van der Waals surface area contributed by atoms with Gasteiger partial charge < -0.3 is 5.73 Å². The van der Waals surface area contributed by atoms with Crippen molar-refractivity contribution in [3.05, 3.63) is 28.5 Å². The van der Waals surface area contributed by atoms with Gasteiger partial charge in [0.15, 0.2) is 0 Å². The highest BCUT2D eigenvalue weighted by Crippen LogP contribution is 2.12. The Hall–Kier alpha value is 0.170. The number of hydrogen-bond donors (Lipinski definition) is 1. The first-order valence-electron chi connectivity index (χ1n) is 3.07. The van der Waals surface area contributed by atoms with Crippen molar-refractivity contribution in [1.82, 2.24) is 4.98 Å². The van der Waals surface area contributed by atoms with Crippen LogP contribution in [0, 0.1) is 0 Å². The van der Waals surface area contributed by atoms with Crippen molar-refractivity contribution < 1.29 is 0 Å². The molecule has 2 N–H and O–H groups in total. The zero-order valence-corrected chi connectivity index (χ0v) is 9.75. The molecule has 0 radical (unpaired) electrons. The summed E-state index contributed by atoms with van der Waals surface area (Å²) in [6.07, 6.45) is 1.74. The Bertz CT molecular complexity index is 230.